The molecule has 3 nitrogen and oxygen atoms in total. The largest absolute Gasteiger partial charge is 0.436 e. The molecule has 0 amide bonds. The average molecular weight is 240 g/mol. The Morgan fingerprint density at radius 3 is 2.80 bits per heavy atom. The molecule has 0 aliphatic heterocycles. The number of halogens is 2. The molecule has 2 rings (SSSR count). The van der Waals surface area contributed by atoms with Crippen LogP contribution in [0.5, 0.6) is 11.6 Å². The van der Waals surface area contributed by atoms with Crippen LogP contribution < -0.4 is 4.74 Å². The molecule has 75 valence electrons. The van der Waals surface area contributed by atoms with E-state index in [4.69, 9.17) is 27.9 Å². The van der Waals surface area contributed by atoms with Gasteiger partial charge in [-0.25, -0.2) is 0 Å². The zero-order valence-corrected chi connectivity index (χ0v) is 8.96. The maximum absolute atomic E-state index is 5.93. The minimum absolute atomic E-state index is 0.345. The molecule has 15 heavy (non-hydrogen) atoms. The lowest BCUT2D eigenvalue weighted by molar-refractivity contribution is 0.455. The van der Waals surface area contributed by atoms with Gasteiger partial charge in [0, 0.05) is 6.07 Å². The van der Waals surface area contributed by atoms with Gasteiger partial charge >= 0.3 is 0 Å². The van der Waals surface area contributed by atoms with Gasteiger partial charge in [-0.05, 0) is 18.2 Å². The van der Waals surface area contributed by atoms with Crippen molar-refractivity contribution in [2.45, 2.75) is 0 Å². The van der Waals surface area contributed by atoms with Gasteiger partial charge in [0.2, 0.25) is 5.88 Å². The Bertz CT molecular complexity index is 462. The summed E-state index contributed by atoms with van der Waals surface area (Å²) in [6, 6.07) is 8.35. The van der Waals surface area contributed by atoms with Crippen LogP contribution in [-0.2, 0) is 0 Å². The first-order valence-electron chi connectivity index (χ1n) is 4.09. The van der Waals surface area contributed by atoms with Crippen LogP contribution >= 0.6 is 23.2 Å². The van der Waals surface area contributed by atoms with E-state index in [9.17, 15) is 0 Å². The maximum Gasteiger partial charge on any atom is 0.238 e. The lowest BCUT2D eigenvalue weighted by atomic mass is 10.3. The Morgan fingerprint density at radius 1 is 1.20 bits per heavy atom. The fourth-order valence-corrected chi connectivity index (χ4v) is 1.31. The van der Waals surface area contributed by atoms with Gasteiger partial charge in [-0.15, -0.1) is 10.2 Å². The van der Waals surface area contributed by atoms with E-state index in [0.717, 1.165) is 0 Å². The van der Waals surface area contributed by atoms with Crippen molar-refractivity contribution in [2.24, 2.45) is 0 Å². The quantitative estimate of drug-likeness (QED) is 0.806. The fraction of sp³-hybridized carbons (Fsp3) is 0. The summed E-state index contributed by atoms with van der Waals surface area (Å²) in [5.74, 6) is 0.794. The minimum atomic E-state index is 0.345. The van der Waals surface area contributed by atoms with Gasteiger partial charge in [0.05, 0.1) is 5.02 Å². The predicted molar refractivity (Wildman–Crippen MR) is 57.4 cm³/mol. The van der Waals surface area contributed by atoms with Crippen molar-refractivity contribution in [2.75, 3.05) is 0 Å². The highest BCUT2D eigenvalue weighted by molar-refractivity contribution is 6.42. The Morgan fingerprint density at radius 2 is 2.07 bits per heavy atom. The van der Waals surface area contributed by atoms with Gasteiger partial charge in [0.25, 0.3) is 0 Å². The first kappa shape index (κ1) is 10.2. The molecule has 0 atom stereocenters. The van der Waals surface area contributed by atoms with Gasteiger partial charge in [0.15, 0.2) is 0 Å². The second-order valence-corrected chi connectivity index (χ2v) is 3.44. The zero-order chi connectivity index (χ0) is 10.7. The molecule has 0 aliphatic carbocycles. The number of hydrogen-bond acceptors (Lipinski definition) is 3. The molecule has 0 saturated carbocycles. The fourth-order valence-electron chi connectivity index (χ4n) is 0.983. The van der Waals surface area contributed by atoms with Crippen molar-refractivity contribution in [3.05, 3.63) is 46.6 Å². The summed E-state index contributed by atoms with van der Waals surface area (Å²) < 4.78 is 5.38. The van der Waals surface area contributed by atoms with Crippen molar-refractivity contribution in [3.63, 3.8) is 0 Å². The van der Waals surface area contributed by atoms with Gasteiger partial charge in [-0.2, -0.15) is 0 Å². The van der Waals surface area contributed by atoms with Crippen LogP contribution in [0.25, 0.3) is 0 Å². The number of benzene rings is 1. The van der Waals surface area contributed by atoms with Crippen molar-refractivity contribution in [3.8, 4) is 11.6 Å². The average Bonchev–Trinajstić information content (AvgIpc) is 2.26. The predicted octanol–water partition coefficient (Wildman–Crippen LogP) is 3.38. The summed E-state index contributed by atoms with van der Waals surface area (Å²) in [4.78, 5) is 0. The summed E-state index contributed by atoms with van der Waals surface area (Å²) in [6.45, 7) is 0. The Labute approximate surface area is 96.6 Å². The van der Waals surface area contributed by atoms with Crippen molar-refractivity contribution in [1.29, 1.82) is 0 Å². The maximum atomic E-state index is 5.93. The number of nitrogens with zero attached hydrogens (tertiary/aromatic N) is 2. The SMILES string of the molecule is Clc1cccc(Oc2cc[c]nn2)c1Cl. The lowest BCUT2D eigenvalue weighted by Gasteiger charge is -2.05. The topological polar surface area (TPSA) is 35.0 Å². The number of ether oxygens (including phenoxy) is 1. The van der Waals surface area contributed by atoms with Crippen molar-refractivity contribution < 1.29 is 4.74 Å². The summed E-state index contributed by atoms with van der Waals surface area (Å²) >= 11 is 11.8. The van der Waals surface area contributed by atoms with E-state index in [1.54, 1.807) is 30.3 Å². The molecule has 0 bridgehead atoms. The van der Waals surface area contributed by atoms with Crippen molar-refractivity contribution in [1.82, 2.24) is 10.2 Å². The van der Waals surface area contributed by atoms with Crippen LogP contribution in [-0.4, -0.2) is 10.2 Å². The summed E-state index contributed by atoms with van der Waals surface area (Å²) in [5.41, 5.74) is 0. The molecule has 5 heteroatoms. The molecule has 0 N–H and O–H groups in total. The molecule has 0 unspecified atom stereocenters. The monoisotopic (exact) mass is 239 g/mol. The summed E-state index contributed by atoms with van der Waals surface area (Å²) in [6.07, 6.45) is 2.54. The van der Waals surface area contributed by atoms with E-state index in [0.29, 0.717) is 21.7 Å². The summed E-state index contributed by atoms with van der Waals surface area (Å²) in [7, 11) is 0. The Kier molecular flexibility index (Phi) is 3.04. The highest BCUT2D eigenvalue weighted by Crippen LogP contribution is 2.33. The molecule has 0 saturated heterocycles. The molecular formula is C10H5Cl2N2O. The smallest absolute Gasteiger partial charge is 0.238 e. The first-order chi connectivity index (χ1) is 7.27. The molecule has 2 aromatic rings. The second-order valence-electron chi connectivity index (χ2n) is 2.65. The first-order valence-corrected chi connectivity index (χ1v) is 4.84. The van der Waals surface area contributed by atoms with E-state index in [2.05, 4.69) is 16.4 Å². The van der Waals surface area contributed by atoms with E-state index >= 15 is 0 Å². The van der Waals surface area contributed by atoms with E-state index in [-0.39, 0.29) is 0 Å². The molecule has 1 aromatic heterocycles. The van der Waals surface area contributed by atoms with E-state index in [1.165, 1.54) is 0 Å². The minimum Gasteiger partial charge on any atom is -0.436 e. The number of hydrogen-bond donors (Lipinski definition) is 0. The highest BCUT2D eigenvalue weighted by Gasteiger charge is 2.06. The van der Waals surface area contributed by atoms with Gasteiger partial charge < -0.3 is 4.74 Å². The van der Waals surface area contributed by atoms with Crippen LogP contribution in [0.2, 0.25) is 10.0 Å². The molecule has 0 fully saturated rings. The molecule has 1 heterocycles. The molecule has 1 aromatic carbocycles. The Balaban J connectivity index is 2.29. The normalized spacial score (nSPS) is 10.0. The van der Waals surface area contributed by atoms with Gasteiger partial charge in [0.1, 0.15) is 17.0 Å². The van der Waals surface area contributed by atoms with Crippen LogP contribution in [0.15, 0.2) is 30.3 Å². The third kappa shape index (κ3) is 2.37. The number of rotatable bonds is 2. The van der Waals surface area contributed by atoms with Crippen LogP contribution in [0.3, 0.4) is 0 Å². The standard InChI is InChI=1S/C10H5Cl2N2O/c11-7-3-1-4-8(10(7)12)15-9-5-2-6-13-14-9/h1-5H. The zero-order valence-electron chi connectivity index (χ0n) is 7.45. The molecule has 0 aliphatic rings. The van der Waals surface area contributed by atoms with Crippen LogP contribution in [0.1, 0.15) is 0 Å². The summed E-state index contributed by atoms with van der Waals surface area (Å²) in [5, 5.41) is 8.06. The third-order valence-corrected chi connectivity index (χ3v) is 2.44. The van der Waals surface area contributed by atoms with Crippen LogP contribution in [0, 0.1) is 6.20 Å². The lowest BCUT2D eigenvalue weighted by Crippen LogP contribution is -1.90. The van der Waals surface area contributed by atoms with Gasteiger partial charge in [-0.3, -0.25) is 0 Å². The Hall–Kier alpha value is -1.32. The molecule has 1 radical (unpaired) electrons. The second kappa shape index (κ2) is 4.47. The highest BCUT2D eigenvalue weighted by atomic mass is 35.5. The third-order valence-electron chi connectivity index (χ3n) is 1.64. The van der Waals surface area contributed by atoms with Crippen molar-refractivity contribution >= 4 is 23.2 Å². The number of aromatic nitrogens is 2. The van der Waals surface area contributed by atoms with Gasteiger partial charge in [-0.1, -0.05) is 29.3 Å². The molecule has 0 spiro atoms. The van der Waals surface area contributed by atoms with Crippen LogP contribution in [0.4, 0.5) is 0 Å². The van der Waals surface area contributed by atoms with E-state index in [1.807, 2.05) is 0 Å². The van der Waals surface area contributed by atoms with E-state index < -0.39 is 0 Å². The molecular weight excluding hydrogens is 235 g/mol.